The smallest absolute Gasteiger partial charge is 0.251 e. The summed E-state index contributed by atoms with van der Waals surface area (Å²) in [6.07, 6.45) is 0.422. The molecular weight excluding hydrogens is 522 g/mol. The monoisotopic (exact) mass is 551 g/mol. The summed E-state index contributed by atoms with van der Waals surface area (Å²) in [6.45, 7) is 2.96. The van der Waals surface area contributed by atoms with Gasteiger partial charge in [-0.1, -0.05) is 32.0 Å². The van der Waals surface area contributed by atoms with Gasteiger partial charge in [-0.3, -0.25) is 19.2 Å². The van der Waals surface area contributed by atoms with E-state index in [1.54, 1.807) is 30.3 Å². The van der Waals surface area contributed by atoms with E-state index in [1.165, 1.54) is 0 Å². The Balaban J connectivity index is 1.78. The molecule has 3 unspecified atom stereocenters. The lowest BCUT2D eigenvalue weighted by Gasteiger charge is -2.25. The van der Waals surface area contributed by atoms with Crippen molar-refractivity contribution in [1.82, 2.24) is 16.0 Å². The molecule has 0 bridgehead atoms. The molecule has 1 aliphatic heterocycles. The molecule has 3 atom stereocenters. The Morgan fingerprint density at radius 2 is 1.64 bits per heavy atom. The first-order chi connectivity index (χ1) is 18.5. The lowest BCUT2D eigenvalue weighted by atomic mass is 9.95. The highest BCUT2D eigenvalue weighted by molar-refractivity contribution is 5.98. The molecule has 8 nitrogen and oxygen atoms in total. The van der Waals surface area contributed by atoms with Crippen molar-refractivity contribution in [2.45, 2.75) is 45.2 Å². The molecule has 2 aromatic rings. The fraction of sp³-hybridized carbons (Fsp3) is 0.407. The van der Waals surface area contributed by atoms with Crippen LogP contribution in [0.15, 0.2) is 36.4 Å². The Morgan fingerprint density at radius 1 is 1.00 bits per heavy atom. The third kappa shape index (κ3) is 7.78. The van der Waals surface area contributed by atoms with Crippen molar-refractivity contribution in [3.05, 3.63) is 65.2 Å². The minimum Gasteiger partial charge on any atom is -0.479 e. The van der Waals surface area contributed by atoms with Crippen LogP contribution in [-0.4, -0.2) is 48.7 Å². The van der Waals surface area contributed by atoms with Gasteiger partial charge in [-0.25, -0.2) is 8.78 Å². The third-order valence-electron chi connectivity index (χ3n) is 6.18. The molecule has 3 N–H and O–H groups in total. The van der Waals surface area contributed by atoms with Crippen LogP contribution in [0.4, 0.5) is 17.6 Å². The van der Waals surface area contributed by atoms with Gasteiger partial charge in [-0.15, -0.1) is 0 Å². The first-order valence-electron chi connectivity index (χ1n) is 12.4. The van der Waals surface area contributed by atoms with Crippen molar-refractivity contribution in [3.63, 3.8) is 0 Å². The normalized spacial score (nSPS) is 16.4. The van der Waals surface area contributed by atoms with E-state index >= 15 is 0 Å². The van der Waals surface area contributed by atoms with Crippen LogP contribution in [0.25, 0.3) is 0 Å². The molecule has 1 heterocycles. The molecule has 3 amide bonds. The first-order valence-corrected chi connectivity index (χ1v) is 12.4. The molecule has 2 aromatic carbocycles. The second kappa shape index (κ2) is 13.2. The van der Waals surface area contributed by atoms with E-state index in [4.69, 9.17) is 4.74 Å². The highest BCUT2D eigenvalue weighted by Gasteiger charge is 2.34. The fourth-order valence-electron chi connectivity index (χ4n) is 4.15. The van der Waals surface area contributed by atoms with Crippen LogP contribution in [0.1, 0.15) is 43.5 Å². The molecule has 1 fully saturated rings. The van der Waals surface area contributed by atoms with Gasteiger partial charge in [0.1, 0.15) is 12.6 Å². The topological polar surface area (TPSA) is 114 Å². The number of carbonyl (C=O) groups is 4. The Labute approximate surface area is 222 Å². The lowest BCUT2D eigenvalue weighted by Crippen LogP contribution is -2.53. The van der Waals surface area contributed by atoms with Crippen LogP contribution in [0, 0.1) is 35.1 Å². The summed E-state index contributed by atoms with van der Waals surface area (Å²) < 4.78 is 59.8. The Kier molecular flexibility index (Phi) is 10.0. The number of Topliss-reactive ketones (excluding diaryl/α,β-unsaturated/α-hetero) is 1. The number of carbonyl (C=O) groups excluding carboxylic acids is 4. The maximum Gasteiger partial charge on any atom is 0.251 e. The second-order valence-corrected chi connectivity index (χ2v) is 9.65. The molecule has 0 spiro atoms. The van der Waals surface area contributed by atoms with Crippen LogP contribution in [0.2, 0.25) is 0 Å². The molecule has 1 aliphatic rings. The Bertz CT molecular complexity index is 1200. The van der Waals surface area contributed by atoms with Gasteiger partial charge in [0.2, 0.25) is 23.4 Å². The van der Waals surface area contributed by atoms with Gasteiger partial charge in [0.05, 0.1) is 6.04 Å². The molecular formula is C27H29F4N3O5. The zero-order valence-electron chi connectivity index (χ0n) is 21.4. The molecule has 39 heavy (non-hydrogen) atoms. The van der Waals surface area contributed by atoms with Crippen molar-refractivity contribution in [1.29, 1.82) is 0 Å². The number of hydrogen-bond acceptors (Lipinski definition) is 5. The summed E-state index contributed by atoms with van der Waals surface area (Å²) in [5.41, 5.74) is 0.314. The molecule has 0 saturated carbocycles. The Morgan fingerprint density at radius 3 is 2.21 bits per heavy atom. The first kappa shape index (κ1) is 29.6. The number of nitrogens with one attached hydrogen (secondary N) is 3. The van der Waals surface area contributed by atoms with Crippen LogP contribution in [0.3, 0.4) is 0 Å². The van der Waals surface area contributed by atoms with Gasteiger partial charge < -0.3 is 20.7 Å². The van der Waals surface area contributed by atoms with Gasteiger partial charge in [0.25, 0.3) is 5.91 Å². The molecule has 3 rings (SSSR count). The van der Waals surface area contributed by atoms with Gasteiger partial charge in [0.15, 0.2) is 23.2 Å². The highest BCUT2D eigenvalue weighted by Crippen LogP contribution is 2.27. The van der Waals surface area contributed by atoms with Crippen molar-refractivity contribution < 1.29 is 41.5 Å². The fourth-order valence-corrected chi connectivity index (χ4v) is 4.15. The largest absolute Gasteiger partial charge is 0.479 e. The summed E-state index contributed by atoms with van der Waals surface area (Å²) >= 11 is 0. The number of amides is 3. The van der Waals surface area contributed by atoms with Crippen LogP contribution in [-0.2, 0) is 14.4 Å². The quantitative estimate of drug-likeness (QED) is 0.277. The predicted molar refractivity (Wildman–Crippen MR) is 132 cm³/mol. The SMILES string of the molecule is CC(C)CC(NC(=O)c1ccccc1)C(=O)NC(CC1CCNC1=O)C(=O)COc1c(F)c(F)cc(F)c1F. The van der Waals surface area contributed by atoms with Crippen molar-refractivity contribution in [2.75, 3.05) is 13.2 Å². The Hall–Kier alpha value is -3.96. The van der Waals surface area contributed by atoms with E-state index < -0.39 is 71.2 Å². The number of ether oxygens (including phenoxy) is 1. The zero-order valence-corrected chi connectivity index (χ0v) is 21.4. The summed E-state index contributed by atoms with van der Waals surface area (Å²) in [5.74, 6) is -11.7. The number of rotatable bonds is 12. The zero-order chi connectivity index (χ0) is 28.7. The molecule has 0 aromatic heterocycles. The van der Waals surface area contributed by atoms with Gasteiger partial charge in [0, 0.05) is 24.1 Å². The summed E-state index contributed by atoms with van der Waals surface area (Å²) in [7, 11) is 0. The second-order valence-electron chi connectivity index (χ2n) is 9.65. The van der Waals surface area contributed by atoms with Gasteiger partial charge >= 0.3 is 0 Å². The molecule has 0 radical (unpaired) electrons. The predicted octanol–water partition coefficient (Wildman–Crippen LogP) is 3.05. The molecule has 12 heteroatoms. The number of benzene rings is 2. The molecule has 210 valence electrons. The number of halogens is 4. The van der Waals surface area contributed by atoms with Crippen molar-refractivity contribution in [3.8, 4) is 5.75 Å². The standard InChI is InChI=1S/C27H29F4N3O5/c1-14(2)10-20(34-26(37)15-6-4-3-5-7-15)27(38)33-19(11-16-8-9-32-25(16)36)21(35)13-39-24-22(30)17(28)12-18(29)23(24)31/h3-7,12,14,16,19-20H,8-11,13H2,1-2H3,(H,32,36)(H,33,38)(H,34,37). The minimum absolute atomic E-state index is 0.000316. The average molecular weight is 552 g/mol. The number of ketones is 1. The summed E-state index contributed by atoms with van der Waals surface area (Å²) in [4.78, 5) is 51.1. The van der Waals surface area contributed by atoms with E-state index in [9.17, 15) is 36.7 Å². The summed E-state index contributed by atoms with van der Waals surface area (Å²) in [5, 5.41) is 7.77. The van der Waals surface area contributed by atoms with Crippen molar-refractivity contribution >= 4 is 23.5 Å². The molecule has 1 saturated heterocycles. The van der Waals surface area contributed by atoms with Crippen LogP contribution < -0.4 is 20.7 Å². The number of hydrogen-bond donors (Lipinski definition) is 3. The minimum atomic E-state index is -1.82. The van der Waals surface area contributed by atoms with E-state index in [0.29, 0.717) is 18.5 Å². The van der Waals surface area contributed by atoms with E-state index in [0.717, 1.165) is 0 Å². The maximum absolute atomic E-state index is 14.0. The lowest BCUT2D eigenvalue weighted by molar-refractivity contribution is -0.131. The van der Waals surface area contributed by atoms with Crippen LogP contribution >= 0.6 is 0 Å². The van der Waals surface area contributed by atoms with Crippen molar-refractivity contribution in [2.24, 2.45) is 11.8 Å². The maximum atomic E-state index is 14.0. The van der Waals surface area contributed by atoms with E-state index in [2.05, 4.69) is 16.0 Å². The van der Waals surface area contributed by atoms with Crippen LogP contribution in [0.5, 0.6) is 5.75 Å². The highest BCUT2D eigenvalue weighted by atomic mass is 19.2. The van der Waals surface area contributed by atoms with E-state index in [-0.39, 0.29) is 30.7 Å². The van der Waals surface area contributed by atoms with Gasteiger partial charge in [-0.2, -0.15) is 8.78 Å². The summed E-state index contributed by atoms with van der Waals surface area (Å²) in [6, 6.07) is 5.75. The van der Waals surface area contributed by atoms with Gasteiger partial charge in [-0.05, 0) is 37.3 Å². The third-order valence-corrected chi connectivity index (χ3v) is 6.18. The average Bonchev–Trinajstić information content (AvgIpc) is 3.30. The van der Waals surface area contributed by atoms with E-state index in [1.807, 2.05) is 13.8 Å². The molecule has 0 aliphatic carbocycles.